The van der Waals surface area contributed by atoms with Gasteiger partial charge in [0, 0.05) is 63.3 Å². The number of nitrogens with zero attached hydrogens (tertiary/aromatic N) is 3. The number of hydrogen-bond donors (Lipinski definition) is 0. The second kappa shape index (κ2) is 8.54. The molecule has 29 heavy (non-hydrogen) atoms. The van der Waals surface area contributed by atoms with Crippen molar-refractivity contribution in [2.45, 2.75) is 25.8 Å². The molecule has 0 bridgehead atoms. The van der Waals surface area contributed by atoms with Crippen LogP contribution in [0.4, 0.5) is 11.4 Å². The average Bonchev–Trinajstić information content (AvgIpc) is 3.21. The Kier molecular flexibility index (Phi) is 5.48. The molecule has 5 rings (SSSR count). The van der Waals surface area contributed by atoms with Crippen molar-refractivity contribution in [3.63, 3.8) is 0 Å². The zero-order valence-corrected chi connectivity index (χ0v) is 17.2. The van der Waals surface area contributed by atoms with Crippen molar-refractivity contribution in [2.75, 3.05) is 62.3 Å². The van der Waals surface area contributed by atoms with E-state index in [0.29, 0.717) is 13.2 Å². The van der Waals surface area contributed by atoms with Gasteiger partial charge in [-0.05, 0) is 49.1 Å². The number of fused-ring (bicyclic) bond motifs is 1. The van der Waals surface area contributed by atoms with Gasteiger partial charge in [0.15, 0.2) is 11.5 Å². The molecule has 0 aromatic heterocycles. The maximum absolute atomic E-state index is 5.77. The van der Waals surface area contributed by atoms with Crippen LogP contribution in [0.3, 0.4) is 0 Å². The molecule has 3 aliphatic heterocycles. The van der Waals surface area contributed by atoms with Crippen LogP contribution < -0.4 is 19.3 Å². The van der Waals surface area contributed by atoms with Gasteiger partial charge in [0.25, 0.3) is 0 Å². The summed E-state index contributed by atoms with van der Waals surface area (Å²) in [6.45, 7) is 9.11. The lowest BCUT2D eigenvalue weighted by atomic mass is 10.2. The molecule has 2 saturated heterocycles. The summed E-state index contributed by atoms with van der Waals surface area (Å²) < 4.78 is 11.4. The Balaban J connectivity index is 1.19. The first-order chi connectivity index (χ1) is 14.3. The molecule has 2 aromatic rings. The van der Waals surface area contributed by atoms with Gasteiger partial charge in [-0.1, -0.05) is 12.1 Å². The molecule has 0 atom stereocenters. The molecule has 0 radical (unpaired) electrons. The summed E-state index contributed by atoms with van der Waals surface area (Å²) >= 11 is 0. The summed E-state index contributed by atoms with van der Waals surface area (Å²) in [5.41, 5.74) is 4.04. The maximum atomic E-state index is 5.77. The van der Waals surface area contributed by atoms with E-state index in [4.69, 9.17) is 9.47 Å². The van der Waals surface area contributed by atoms with Crippen LogP contribution in [0.2, 0.25) is 0 Å². The summed E-state index contributed by atoms with van der Waals surface area (Å²) in [5, 5.41) is 0. The normalized spacial score (nSPS) is 20.0. The van der Waals surface area contributed by atoms with Gasteiger partial charge < -0.3 is 19.3 Å². The minimum Gasteiger partial charge on any atom is -0.486 e. The number of benzene rings is 2. The molecule has 3 aliphatic rings. The van der Waals surface area contributed by atoms with Crippen LogP contribution >= 0.6 is 0 Å². The number of ether oxygens (including phenoxy) is 2. The standard InChI is InChI=1S/C24H31N3O2/c1-2-12-26(11-1)21-6-4-20(5-7-21)19-25-10-3-13-27(15-14-25)22-8-9-23-24(18-22)29-17-16-28-23/h4-9,18H,1-3,10-17,19H2. The Morgan fingerprint density at radius 3 is 2.14 bits per heavy atom. The summed E-state index contributed by atoms with van der Waals surface area (Å²) in [6.07, 6.45) is 3.84. The summed E-state index contributed by atoms with van der Waals surface area (Å²) in [5.74, 6) is 1.75. The van der Waals surface area contributed by atoms with Gasteiger partial charge in [-0.3, -0.25) is 4.90 Å². The van der Waals surface area contributed by atoms with Crippen LogP contribution in [0.1, 0.15) is 24.8 Å². The molecule has 5 heteroatoms. The van der Waals surface area contributed by atoms with Gasteiger partial charge in [-0.2, -0.15) is 0 Å². The Hall–Kier alpha value is -2.40. The molecule has 0 unspecified atom stereocenters. The van der Waals surface area contributed by atoms with E-state index in [2.05, 4.69) is 57.2 Å². The zero-order valence-electron chi connectivity index (χ0n) is 17.2. The van der Waals surface area contributed by atoms with E-state index in [1.165, 1.54) is 49.3 Å². The first kappa shape index (κ1) is 18.6. The summed E-state index contributed by atoms with van der Waals surface area (Å²) in [7, 11) is 0. The van der Waals surface area contributed by atoms with Gasteiger partial charge in [-0.25, -0.2) is 0 Å². The van der Waals surface area contributed by atoms with Crippen molar-refractivity contribution < 1.29 is 9.47 Å². The minimum atomic E-state index is 0.640. The first-order valence-corrected chi connectivity index (χ1v) is 11.1. The van der Waals surface area contributed by atoms with Gasteiger partial charge in [0.05, 0.1) is 0 Å². The minimum absolute atomic E-state index is 0.640. The molecule has 5 nitrogen and oxygen atoms in total. The van der Waals surface area contributed by atoms with E-state index in [1.807, 2.05) is 0 Å². The molecule has 0 amide bonds. The highest BCUT2D eigenvalue weighted by Gasteiger charge is 2.19. The molecule has 0 aliphatic carbocycles. The molecular formula is C24H31N3O2. The summed E-state index contributed by atoms with van der Waals surface area (Å²) in [6, 6.07) is 15.6. The fraction of sp³-hybridized carbons (Fsp3) is 0.500. The second-order valence-corrected chi connectivity index (χ2v) is 8.31. The van der Waals surface area contributed by atoms with E-state index < -0.39 is 0 Å². The predicted molar refractivity (Wildman–Crippen MR) is 117 cm³/mol. The van der Waals surface area contributed by atoms with Crippen molar-refractivity contribution in [1.29, 1.82) is 0 Å². The quantitative estimate of drug-likeness (QED) is 0.789. The summed E-state index contributed by atoms with van der Waals surface area (Å²) in [4.78, 5) is 7.57. The molecule has 0 N–H and O–H groups in total. The SMILES string of the molecule is c1cc(N2CCCC2)ccc1CN1CCCN(c2ccc3c(c2)OCCO3)CC1. The monoisotopic (exact) mass is 393 g/mol. The topological polar surface area (TPSA) is 28.2 Å². The van der Waals surface area contributed by atoms with Crippen molar-refractivity contribution in [3.05, 3.63) is 48.0 Å². The van der Waals surface area contributed by atoms with Crippen molar-refractivity contribution >= 4 is 11.4 Å². The largest absolute Gasteiger partial charge is 0.486 e. The van der Waals surface area contributed by atoms with E-state index >= 15 is 0 Å². The third-order valence-corrected chi connectivity index (χ3v) is 6.29. The fourth-order valence-electron chi connectivity index (χ4n) is 4.66. The lowest BCUT2D eigenvalue weighted by molar-refractivity contribution is 0.171. The van der Waals surface area contributed by atoms with Crippen molar-refractivity contribution in [3.8, 4) is 11.5 Å². The Bertz CT molecular complexity index is 817. The van der Waals surface area contributed by atoms with E-state index in [1.54, 1.807) is 0 Å². The highest BCUT2D eigenvalue weighted by molar-refractivity contribution is 5.57. The van der Waals surface area contributed by atoms with Crippen LogP contribution in [0.25, 0.3) is 0 Å². The Morgan fingerprint density at radius 2 is 1.31 bits per heavy atom. The van der Waals surface area contributed by atoms with Gasteiger partial charge in [0.2, 0.25) is 0 Å². The molecule has 0 saturated carbocycles. The van der Waals surface area contributed by atoms with Crippen molar-refractivity contribution in [1.82, 2.24) is 4.90 Å². The highest BCUT2D eigenvalue weighted by Crippen LogP contribution is 2.34. The van der Waals surface area contributed by atoms with E-state index in [9.17, 15) is 0 Å². The molecule has 2 fully saturated rings. The smallest absolute Gasteiger partial charge is 0.163 e. The zero-order chi connectivity index (χ0) is 19.5. The van der Waals surface area contributed by atoms with Gasteiger partial charge in [0.1, 0.15) is 13.2 Å². The average molecular weight is 394 g/mol. The fourth-order valence-corrected chi connectivity index (χ4v) is 4.66. The lowest BCUT2D eigenvalue weighted by Gasteiger charge is -2.26. The molecule has 154 valence electrons. The van der Waals surface area contributed by atoms with Crippen LogP contribution in [-0.2, 0) is 6.54 Å². The molecule has 0 spiro atoms. The third-order valence-electron chi connectivity index (χ3n) is 6.29. The van der Waals surface area contributed by atoms with Crippen LogP contribution in [-0.4, -0.2) is 57.4 Å². The Labute approximate surface area is 173 Å². The predicted octanol–water partition coefficient (Wildman–Crippen LogP) is 3.77. The van der Waals surface area contributed by atoms with Gasteiger partial charge in [-0.15, -0.1) is 0 Å². The highest BCUT2D eigenvalue weighted by atomic mass is 16.6. The molecule has 2 aromatic carbocycles. The Morgan fingerprint density at radius 1 is 0.621 bits per heavy atom. The number of anilines is 2. The molecule has 3 heterocycles. The third kappa shape index (κ3) is 4.30. The van der Waals surface area contributed by atoms with E-state index in [0.717, 1.165) is 44.2 Å². The second-order valence-electron chi connectivity index (χ2n) is 8.31. The van der Waals surface area contributed by atoms with Crippen LogP contribution in [0, 0.1) is 0 Å². The van der Waals surface area contributed by atoms with Crippen molar-refractivity contribution in [2.24, 2.45) is 0 Å². The van der Waals surface area contributed by atoms with Crippen LogP contribution in [0.5, 0.6) is 11.5 Å². The number of hydrogen-bond acceptors (Lipinski definition) is 5. The first-order valence-electron chi connectivity index (χ1n) is 11.1. The van der Waals surface area contributed by atoms with Gasteiger partial charge >= 0.3 is 0 Å². The van der Waals surface area contributed by atoms with E-state index in [-0.39, 0.29) is 0 Å². The maximum Gasteiger partial charge on any atom is 0.163 e. The van der Waals surface area contributed by atoms with Crippen LogP contribution in [0.15, 0.2) is 42.5 Å². The molecular weight excluding hydrogens is 362 g/mol. The number of rotatable bonds is 4. The lowest BCUT2D eigenvalue weighted by Crippen LogP contribution is -2.30.